The van der Waals surface area contributed by atoms with E-state index in [2.05, 4.69) is 0 Å². The molecule has 5 rings (SSSR count). The molecule has 0 N–H and O–H groups in total. The van der Waals surface area contributed by atoms with E-state index in [9.17, 15) is 18.4 Å². The average molecular weight is 533 g/mol. The number of amides is 2. The second-order valence-corrected chi connectivity index (χ2v) is 10.0. The molecule has 1 saturated heterocycles. The molecule has 0 spiro atoms. The molecule has 3 nitrogen and oxygen atoms in total. The summed E-state index contributed by atoms with van der Waals surface area (Å²) < 4.78 is 27.1. The highest BCUT2D eigenvalue weighted by Crippen LogP contribution is 2.49. The second kappa shape index (κ2) is 9.38. The SMILES string of the molecule is O=C1[C@H]2CC(c3ccc(Cl)cc3)=C(c3ccc(Cl)cc3Cl)C[C@H]2C(=O)N1Cc1ccc(F)c(F)c1. The Labute approximate surface area is 215 Å². The van der Waals surface area contributed by atoms with Gasteiger partial charge in [-0.3, -0.25) is 14.5 Å². The maximum atomic E-state index is 13.7. The first-order chi connectivity index (χ1) is 16.7. The van der Waals surface area contributed by atoms with E-state index in [-0.39, 0.29) is 18.4 Å². The largest absolute Gasteiger partial charge is 0.278 e. The van der Waals surface area contributed by atoms with Crippen molar-refractivity contribution in [3.8, 4) is 0 Å². The number of fused-ring (bicyclic) bond motifs is 1. The lowest BCUT2D eigenvalue weighted by atomic mass is 9.73. The van der Waals surface area contributed by atoms with Crippen LogP contribution in [0, 0.1) is 23.5 Å². The molecule has 0 unspecified atom stereocenters. The van der Waals surface area contributed by atoms with Gasteiger partial charge in [-0.25, -0.2) is 8.78 Å². The van der Waals surface area contributed by atoms with Crippen molar-refractivity contribution in [1.82, 2.24) is 4.90 Å². The molecule has 8 heteroatoms. The van der Waals surface area contributed by atoms with E-state index in [0.29, 0.717) is 33.5 Å². The zero-order chi connectivity index (χ0) is 24.9. The van der Waals surface area contributed by atoms with E-state index in [1.54, 1.807) is 24.3 Å². The van der Waals surface area contributed by atoms with Crippen LogP contribution in [0.25, 0.3) is 11.1 Å². The fourth-order valence-electron chi connectivity index (χ4n) is 4.92. The number of rotatable bonds is 4. The lowest BCUT2D eigenvalue weighted by Gasteiger charge is -2.28. The number of nitrogens with zero attached hydrogens (tertiary/aromatic N) is 1. The summed E-state index contributed by atoms with van der Waals surface area (Å²) >= 11 is 18.7. The van der Waals surface area contributed by atoms with Crippen LogP contribution in [0.1, 0.15) is 29.5 Å². The predicted molar refractivity (Wildman–Crippen MR) is 133 cm³/mol. The molecule has 0 aromatic heterocycles. The summed E-state index contributed by atoms with van der Waals surface area (Å²) in [7, 11) is 0. The minimum atomic E-state index is -1.02. The number of hydrogen-bond acceptors (Lipinski definition) is 2. The lowest BCUT2D eigenvalue weighted by molar-refractivity contribution is -0.140. The Kier molecular flexibility index (Phi) is 6.43. The van der Waals surface area contributed by atoms with Crippen molar-refractivity contribution < 1.29 is 18.4 Å². The molecular formula is C27H18Cl3F2NO2. The normalized spacial score (nSPS) is 20.0. The summed E-state index contributed by atoms with van der Waals surface area (Å²) in [5, 5.41) is 1.53. The van der Waals surface area contributed by atoms with Gasteiger partial charge in [0, 0.05) is 15.1 Å². The monoisotopic (exact) mass is 531 g/mol. The van der Waals surface area contributed by atoms with Gasteiger partial charge >= 0.3 is 0 Å². The van der Waals surface area contributed by atoms with E-state index in [4.69, 9.17) is 34.8 Å². The number of carbonyl (C=O) groups is 2. The fourth-order valence-corrected chi connectivity index (χ4v) is 5.57. The van der Waals surface area contributed by atoms with Gasteiger partial charge in [0.25, 0.3) is 0 Å². The van der Waals surface area contributed by atoms with Crippen LogP contribution in [0.3, 0.4) is 0 Å². The lowest BCUT2D eigenvalue weighted by Crippen LogP contribution is -2.30. The Bertz CT molecular complexity index is 1390. The average Bonchev–Trinajstić information content (AvgIpc) is 3.05. The number of imide groups is 1. The molecule has 2 aliphatic rings. The molecule has 1 aliphatic carbocycles. The van der Waals surface area contributed by atoms with Crippen LogP contribution >= 0.6 is 34.8 Å². The molecule has 178 valence electrons. The Morgan fingerprint density at radius 2 is 1.37 bits per heavy atom. The highest BCUT2D eigenvalue weighted by molar-refractivity contribution is 6.36. The molecule has 3 aromatic rings. The molecule has 1 fully saturated rings. The van der Waals surface area contributed by atoms with Crippen molar-refractivity contribution >= 4 is 57.8 Å². The van der Waals surface area contributed by atoms with Gasteiger partial charge in [-0.2, -0.15) is 0 Å². The van der Waals surface area contributed by atoms with Crippen molar-refractivity contribution in [3.05, 3.63) is 104 Å². The number of hydrogen-bond donors (Lipinski definition) is 0. The van der Waals surface area contributed by atoms with Crippen molar-refractivity contribution in [2.24, 2.45) is 11.8 Å². The third-order valence-corrected chi connectivity index (χ3v) is 7.44. The van der Waals surface area contributed by atoms with E-state index in [1.807, 2.05) is 18.2 Å². The molecule has 3 aromatic carbocycles. The van der Waals surface area contributed by atoms with Gasteiger partial charge in [0.05, 0.1) is 18.4 Å². The van der Waals surface area contributed by atoms with E-state index >= 15 is 0 Å². The summed E-state index contributed by atoms with van der Waals surface area (Å²) in [5.41, 5.74) is 3.75. The Balaban J connectivity index is 1.53. The Morgan fingerprint density at radius 3 is 2.00 bits per heavy atom. The summed E-state index contributed by atoms with van der Waals surface area (Å²) in [4.78, 5) is 27.8. The van der Waals surface area contributed by atoms with Gasteiger partial charge < -0.3 is 0 Å². The quantitative estimate of drug-likeness (QED) is 0.328. The van der Waals surface area contributed by atoms with Crippen LogP contribution in [-0.4, -0.2) is 16.7 Å². The van der Waals surface area contributed by atoms with Crippen molar-refractivity contribution in [2.75, 3.05) is 0 Å². The molecule has 0 bridgehead atoms. The summed E-state index contributed by atoms with van der Waals surface area (Å²) in [6.45, 7) is -0.116. The Hall–Kier alpha value is -2.73. The van der Waals surface area contributed by atoms with E-state index in [1.165, 1.54) is 6.07 Å². The molecule has 2 atom stereocenters. The topological polar surface area (TPSA) is 37.4 Å². The van der Waals surface area contributed by atoms with Crippen LogP contribution in [0.5, 0.6) is 0 Å². The maximum Gasteiger partial charge on any atom is 0.233 e. The number of allylic oxidation sites excluding steroid dienone is 2. The summed E-state index contributed by atoms with van der Waals surface area (Å²) in [6, 6.07) is 15.9. The third kappa shape index (κ3) is 4.49. The van der Waals surface area contributed by atoms with Gasteiger partial charge in [-0.1, -0.05) is 59.1 Å². The molecule has 35 heavy (non-hydrogen) atoms. The van der Waals surface area contributed by atoms with Gasteiger partial charge in [0.2, 0.25) is 11.8 Å². The third-order valence-electron chi connectivity index (χ3n) is 6.64. The fraction of sp³-hybridized carbons (Fsp3) is 0.185. The minimum Gasteiger partial charge on any atom is -0.278 e. The van der Waals surface area contributed by atoms with Crippen molar-refractivity contribution in [1.29, 1.82) is 0 Å². The number of halogens is 5. The number of likely N-dealkylation sites (tertiary alicyclic amines) is 1. The molecular weight excluding hydrogens is 515 g/mol. The van der Waals surface area contributed by atoms with Gasteiger partial charge in [-0.15, -0.1) is 0 Å². The first-order valence-electron chi connectivity index (χ1n) is 11.0. The number of carbonyl (C=O) groups excluding carboxylic acids is 2. The highest BCUT2D eigenvalue weighted by Gasteiger charge is 2.50. The van der Waals surface area contributed by atoms with Gasteiger partial charge in [0.15, 0.2) is 11.6 Å². The smallest absolute Gasteiger partial charge is 0.233 e. The minimum absolute atomic E-state index is 0.116. The van der Waals surface area contributed by atoms with Crippen LogP contribution in [0.4, 0.5) is 8.78 Å². The standard InChI is InChI=1S/C27H18Cl3F2NO2/c28-16-4-2-15(3-5-16)19-11-21-22(12-20(19)18-7-6-17(29)10-23(18)30)27(35)33(26(21)34)13-14-1-8-24(31)25(32)9-14/h1-10,21-22H,11-13H2/t21-,22+/m0/s1. The first kappa shape index (κ1) is 24.0. The molecule has 1 heterocycles. The van der Waals surface area contributed by atoms with Crippen LogP contribution < -0.4 is 0 Å². The molecule has 0 radical (unpaired) electrons. The number of benzene rings is 3. The summed E-state index contributed by atoms with van der Waals surface area (Å²) in [6.07, 6.45) is 0.641. The van der Waals surface area contributed by atoms with Gasteiger partial charge in [0.1, 0.15) is 0 Å². The van der Waals surface area contributed by atoms with Crippen LogP contribution in [0.2, 0.25) is 15.1 Å². The Morgan fingerprint density at radius 1 is 0.743 bits per heavy atom. The zero-order valence-corrected chi connectivity index (χ0v) is 20.5. The predicted octanol–water partition coefficient (Wildman–Crippen LogP) is 7.43. The molecule has 1 aliphatic heterocycles. The summed E-state index contributed by atoms with van der Waals surface area (Å²) in [5.74, 6) is -3.80. The second-order valence-electron chi connectivity index (χ2n) is 8.72. The van der Waals surface area contributed by atoms with Crippen LogP contribution in [-0.2, 0) is 16.1 Å². The van der Waals surface area contributed by atoms with Crippen molar-refractivity contribution in [2.45, 2.75) is 19.4 Å². The van der Waals surface area contributed by atoms with Crippen LogP contribution in [0.15, 0.2) is 60.7 Å². The van der Waals surface area contributed by atoms with E-state index in [0.717, 1.165) is 39.3 Å². The zero-order valence-electron chi connectivity index (χ0n) is 18.2. The van der Waals surface area contributed by atoms with E-state index < -0.39 is 23.5 Å². The maximum absolute atomic E-state index is 13.7. The molecule has 0 saturated carbocycles. The van der Waals surface area contributed by atoms with Crippen molar-refractivity contribution in [3.63, 3.8) is 0 Å². The highest BCUT2D eigenvalue weighted by atomic mass is 35.5. The molecule has 2 amide bonds. The first-order valence-corrected chi connectivity index (χ1v) is 12.1. The van der Waals surface area contributed by atoms with Gasteiger partial charge in [-0.05, 0) is 77.1 Å².